The molecule has 2 aromatic carbocycles. The Balaban J connectivity index is 1.61. The summed E-state index contributed by atoms with van der Waals surface area (Å²) < 4.78 is 10.5. The Labute approximate surface area is 141 Å². The van der Waals surface area contributed by atoms with Crippen LogP contribution in [-0.4, -0.2) is 18.5 Å². The zero-order valence-corrected chi connectivity index (χ0v) is 13.6. The molecule has 0 atom stereocenters. The number of rotatable bonds is 4. The first-order chi connectivity index (χ1) is 10.6. The molecule has 22 heavy (non-hydrogen) atoms. The van der Waals surface area contributed by atoms with Gasteiger partial charge >= 0.3 is 0 Å². The van der Waals surface area contributed by atoms with Crippen molar-refractivity contribution in [2.24, 2.45) is 0 Å². The Morgan fingerprint density at radius 1 is 1.14 bits per heavy atom. The minimum atomic E-state index is -0.153. The maximum absolute atomic E-state index is 12.0. The van der Waals surface area contributed by atoms with Crippen LogP contribution in [0.25, 0.3) is 0 Å². The third-order valence-electron chi connectivity index (χ3n) is 2.92. The van der Waals surface area contributed by atoms with E-state index in [-0.39, 0.29) is 18.5 Å². The SMILES string of the molecule is O=C(CSc1c(Cl)cccc1Cl)Nc1ccc2c(c1)OCO2. The molecule has 114 valence electrons. The van der Waals surface area contributed by atoms with Crippen molar-refractivity contribution in [1.82, 2.24) is 0 Å². The molecule has 1 N–H and O–H groups in total. The standard InChI is InChI=1S/C15H11Cl2NO3S/c16-10-2-1-3-11(17)15(10)22-7-14(19)18-9-4-5-12-13(6-9)21-8-20-12/h1-6H,7-8H2,(H,18,19). The molecular weight excluding hydrogens is 345 g/mol. The molecule has 0 bridgehead atoms. The van der Waals surface area contributed by atoms with Gasteiger partial charge in [0, 0.05) is 16.6 Å². The number of hydrogen-bond donors (Lipinski definition) is 1. The highest BCUT2D eigenvalue weighted by Gasteiger charge is 2.14. The van der Waals surface area contributed by atoms with Crippen molar-refractivity contribution in [3.8, 4) is 11.5 Å². The molecule has 3 rings (SSSR count). The summed E-state index contributed by atoms with van der Waals surface area (Å²) in [5, 5.41) is 3.87. The predicted molar refractivity (Wildman–Crippen MR) is 88.4 cm³/mol. The first-order valence-corrected chi connectivity index (χ1v) is 8.14. The molecule has 0 saturated heterocycles. The maximum Gasteiger partial charge on any atom is 0.234 e. The van der Waals surface area contributed by atoms with E-state index in [0.717, 1.165) is 0 Å². The third-order valence-corrected chi connectivity index (χ3v) is 4.91. The summed E-state index contributed by atoms with van der Waals surface area (Å²) in [5.74, 6) is 1.35. The first kappa shape index (κ1) is 15.3. The van der Waals surface area contributed by atoms with E-state index < -0.39 is 0 Å². The highest BCUT2D eigenvalue weighted by molar-refractivity contribution is 8.00. The molecule has 0 spiro atoms. The summed E-state index contributed by atoms with van der Waals surface area (Å²) in [6.07, 6.45) is 0. The van der Waals surface area contributed by atoms with Crippen LogP contribution in [0.5, 0.6) is 11.5 Å². The monoisotopic (exact) mass is 355 g/mol. The van der Waals surface area contributed by atoms with E-state index in [0.29, 0.717) is 32.1 Å². The molecule has 2 aromatic rings. The Morgan fingerprint density at radius 3 is 2.64 bits per heavy atom. The van der Waals surface area contributed by atoms with Gasteiger partial charge in [0.25, 0.3) is 0 Å². The van der Waals surface area contributed by atoms with Gasteiger partial charge in [0.2, 0.25) is 12.7 Å². The van der Waals surface area contributed by atoms with Gasteiger partial charge in [0.15, 0.2) is 11.5 Å². The molecule has 0 saturated carbocycles. The van der Waals surface area contributed by atoms with E-state index in [1.807, 2.05) is 0 Å². The number of ether oxygens (including phenoxy) is 2. The molecule has 4 nitrogen and oxygen atoms in total. The summed E-state index contributed by atoms with van der Waals surface area (Å²) in [4.78, 5) is 12.7. The minimum absolute atomic E-state index is 0.153. The number of carbonyl (C=O) groups is 1. The van der Waals surface area contributed by atoms with Crippen molar-refractivity contribution < 1.29 is 14.3 Å². The zero-order valence-electron chi connectivity index (χ0n) is 11.3. The van der Waals surface area contributed by atoms with Crippen molar-refractivity contribution in [2.75, 3.05) is 17.9 Å². The van der Waals surface area contributed by atoms with Gasteiger partial charge in [-0.15, -0.1) is 11.8 Å². The van der Waals surface area contributed by atoms with Crippen LogP contribution in [0.1, 0.15) is 0 Å². The summed E-state index contributed by atoms with van der Waals surface area (Å²) in [6.45, 7) is 0.202. The van der Waals surface area contributed by atoms with Gasteiger partial charge in [-0.25, -0.2) is 0 Å². The van der Waals surface area contributed by atoms with Gasteiger partial charge in [0.1, 0.15) is 0 Å². The number of nitrogens with one attached hydrogen (secondary N) is 1. The van der Waals surface area contributed by atoms with Crippen LogP contribution in [0, 0.1) is 0 Å². The molecule has 0 unspecified atom stereocenters. The van der Waals surface area contributed by atoms with E-state index >= 15 is 0 Å². The normalized spacial score (nSPS) is 12.3. The molecule has 7 heteroatoms. The van der Waals surface area contributed by atoms with Gasteiger partial charge < -0.3 is 14.8 Å². The average molecular weight is 356 g/mol. The number of halogens is 2. The van der Waals surface area contributed by atoms with Gasteiger partial charge in [0.05, 0.1) is 15.8 Å². The van der Waals surface area contributed by atoms with E-state index in [9.17, 15) is 4.79 Å². The number of hydrogen-bond acceptors (Lipinski definition) is 4. The molecule has 0 fully saturated rings. The summed E-state index contributed by atoms with van der Waals surface area (Å²) in [6, 6.07) is 10.5. The van der Waals surface area contributed by atoms with Gasteiger partial charge in [-0.1, -0.05) is 29.3 Å². The van der Waals surface area contributed by atoms with Crippen molar-refractivity contribution >= 4 is 46.6 Å². The second kappa shape index (κ2) is 6.69. The molecule has 1 amide bonds. The lowest BCUT2D eigenvalue weighted by Gasteiger charge is -2.08. The Bertz CT molecular complexity index is 704. The van der Waals surface area contributed by atoms with E-state index in [1.165, 1.54) is 11.8 Å². The fourth-order valence-corrected chi connectivity index (χ4v) is 3.41. The lowest BCUT2D eigenvalue weighted by Crippen LogP contribution is -2.13. The number of amides is 1. The van der Waals surface area contributed by atoms with Crippen LogP contribution >= 0.6 is 35.0 Å². The Hall–Kier alpha value is -1.56. The highest BCUT2D eigenvalue weighted by atomic mass is 35.5. The second-order valence-electron chi connectivity index (χ2n) is 4.46. The van der Waals surface area contributed by atoms with Crippen molar-refractivity contribution in [3.05, 3.63) is 46.4 Å². The quantitative estimate of drug-likeness (QED) is 0.822. The van der Waals surface area contributed by atoms with Crippen LogP contribution in [0.4, 0.5) is 5.69 Å². The first-order valence-electron chi connectivity index (χ1n) is 6.40. The molecule has 0 radical (unpaired) electrons. The third kappa shape index (κ3) is 3.43. The lowest BCUT2D eigenvalue weighted by molar-refractivity contribution is -0.113. The lowest BCUT2D eigenvalue weighted by atomic mass is 10.3. The fourth-order valence-electron chi connectivity index (χ4n) is 1.93. The van der Waals surface area contributed by atoms with Crippen molar-refractivity contribution in [1.29, 1.82) is 0 Å². The van der Waals surface area contributed by atoms with Gasteiger partial charge in [-0.3, -0.25) is 4.79 Å². The topological polar surface area (TPSA) is 47.6 Å². The minimum Gasteiger partial charge on any atom is -0.454 e. The molecule has 0 aliphatic carbocycles. The Kier molecular flexibility index (Phi) is 4.66. The van der Waals surface area contributed by atoms with Crippen LogP contribution in [0.15, 0.2) is 41.3 Å². The Morgan fingerprint density at radius 2 is 1.86 bits per heavy atom. The smallest absolute Gasteiger partial charge is 0.234 e. The summed E-state index contributed by atoms with van der Waals surface area (Å²) >= 11 is 13.4. The fraction of sp³-hybridized carbons (Fsp3) is 0.133. The van der Waals surface area contributed by atoms with Crippen LogP contribution in [0.3, 0.4) is 0 Å². The number of benzene rings is 2. The molecule has 1 aliphatic rings. The number of fused-ring (bicyclic) bond motifs is 1. The van der Waals surface area contributed by atoms with Crippen LogP contribution in [-0.2, 0) is 4.79 Å². The number of carbonyl (C=O) groups excluding carboxylic acids is 1. The zero-order chi connectivity index (χ0) is 15.5. The average Bonchev–Trinajstić information content (AvgIpc) is 2.94. The molecule has 0 aromatic heterocycles. The van der Waals surface area contributed by atoms with E-state index in [2.05, 4.69) is 5.32 Å². The summed E-state index contributed by atoms with van der Waals surface area (Å²) in [7, 11) is 0. The molecule has 1 aliphatic heterocycles. The van der Waals surface area contributed by atoms with Crippen LogP contribution in [0.2, 0.25) is 10.0 Å². The van der Waals surface area contributed by atoms with Gasteiger partial charge in [-0.2, -0.15) is 0 Å². The molecular formula is C15H11Cl2NO3S. The maximum atomic E-state index is 12.0. The summed E-state index contributed by atoms with van der Waals surface area (Å²) in [5.41, 5.74) is 0.653. The highest BCUT2D eigenvalue weighted by Crippen LogP contribution is 2.35. The molecule has 1 heterocycles. The predicted octanol–water partition coefficient (Wildman–Crippen LogP) is 4.45. The number of anilines is 1. The van der Waals surface area contributed by atoms with E-state index in [1.54, 1.807) is 36.4 Å². The van der Waals surface area contributed by atoms with Crippen LogP contribution < -0.4 is 14.8 Å². The largest absolute Gasteiger partial charge is 0.454 e. The van der Waals surface area contributed by atoms with Crippen molar-refractivity contribution in [3.63, 3.8) is 0 Å². The van der Waals surface area contributed by atoms with E-state index in [4.69, 9.17) is 32.7 Å². The van der Waals surface area contributed by atoms with Gasteiger partial charge in [-0.05, 0) is 24.3 Å². The number of thioether (sulfide) groups is 1. The second-order valence-corrected chi connectivity index (χ2v) is 6.26. The van der Waals surface area contributed by atoms with Crippen molar-refractivity contribution in [2.45, 2.75) is 4.90 Å².